The van der Waals surface area contributed by atoms with Crippen molar-refractivity contribution in [2.45, 2.75) is 19.3 Å². The minimum atomic E-state index is -0.622. The van der Waals surface area contributed by atoms with Crippen LogP contribution in [0.2, 0.25) is 0 Å². The number of nitrogens with zero attached hydrogens (tertiary/aromatic N) is 1. The summed E-state index contributed by atoms with van der Waals surface area (Å²) >= 11 is 0. The zero-order valence-electron chi connectivity index (χ0n) is 8.43. The van der Waals surface area contributed by atoms with Gasteiger partial charge in [0.15, 0.2) is 0 Å². The molecular weight excluding hydrogens is 212 g/mol. The van der Waals surface area contributed by atoms with Gasteiger partial charge in [-0.3, -0.25) is 9.59 Å². The highest BCUT2D eigenvalue weighted by atomic mass is 16.7. The second-order valence-electron chi connectivity index (χ2n) is 3.44. The van der Waals surface area contributed by atoms with Gasteiger partial charge in [-0.1, -0.05) is 0 Å². The van der Waals surface area contributed by atoms with Gasteiger partial charge < -0.3 is 9.82 Å². The predicted molar refractivity (Wildman–Crippen MR) is 51.7 cm³/mol. The molecule has 2 rings (SSSR count). The third-order valence-electron chi connectivity index (χ3n) is 2.21. The molecule has 2 amide bonds. The Bertz CT molecular complexity index is 408. The maximum absolute atomic E-state index is 11.4. The van der Waals surface area contributed by atoms with E-state index >= 15 is 0 Å². The van der Waals surface area contributed by atoms with Crippen LogP contribution in [0.1, 0.15) is 18.4 Å². The number of carbonyl (C=O) groups is 3. The van der Waals surface area contributed by atoms with E-state index in [4.69, 9.17) is 4.84 Å². The predicted octanol–water partition coefficient (Wildman–Crippen LogP) is 0.164. The second kappa shape index (κ2) is 4.18. The number of H-pyrrole nitrogens is 1. The Morgan fingerprint density at radius 2 is 2.06 bits per heavy atom. The Balaban J connectivity index is 1.92. The number of hydrogen-bond donors (Lipinski definition) is 1. The van der Waals surface area contributed by atoms with Crippen LogP contribution in [-0.4, -0.2) is 27.8 Å². The maximum Gasteiger partial charge on any atom is 0.337 e. The molecule has 2 heterocycles. The normalized spacial score (nSPS) is 15.6. The van der Waals surface area contributed by atoms with Gasteiger partial charge in [0.05, 0.1) is 6.42 Å². The molecule has 1 aliphatic rings. The van der Waals surface area contributed by atoms with Crippen molar-refractivity contribution < 1.29 is 19.2 Å². The van der Waals surface area contributed by atoms with E-state index in [1.54, 1.807) is 18.5 Å². The van der Waals surface area contributed by atoms with Crippen molar-refractivity contribution >= 4 is 17.8 Å². The number of nitrogens with one attached hydrogen (secondary N) is 1. The Morgan fingerprint density at radius 3 is 2.62 bits per heavy atom. The lowest BCUT2D eigenvalue weighted by Crippen LogP contribution is -2.32. The Kier molecular flexibility index (Phi) is 2.72. The van der Waals surface area contributed by atoms with Crippen LogP contribution in [0.4, 0.5) is 0 Å². The molecule has 1 N–H and O–H groups in total. The highest BCUT2D eigenvalue weighted by Gasteiger charge is 2.32. The molecule has 6 nitrogen and oxygen atoms in total. The summed E-state index contributed by atoms with van der Waals surface area (Å²) in [7, 11) is 0. The molecule has 0 aliphatic carbocycles. The summed E-state index contributed by atoms with van der Waals surface area (Å²) in [6.45, 7) is 0. The lowest BCUT2D eigenvalue weighted by Gasteiger charge is -2.11. The first-order valence-corrected chi connectivity index (χ1v) is 4.85. The Morgan fingerprint density at radius 1 is 1.38 bits per heavy atom. The van der Waals surface area contributed by atoms with Gasteiger partial charge in [-0.2, -0.15) is 0 Å². The van der Waals surface area contributed by atoms with E-state index in [1.165, 1.54) is 0 Å². The average Bonchev–Trinajstić information content (AvgIpc) is 2.83. The van der Waals surface area contributed by atoms with Gasteiger partial charge in [0.1, 0.15) is 0 Å². The van der Waals surface area contributed by atoms with Gasteiger partial charge in [0.2, 0.25) is 0 Å². The number of amides is 2. The SMILES string of the molecule is O=C(Cc1cc[nH]c1)ON1C(=O)CCC1=O. The number of aromatic amines is 1. The monoisotopic (exact) mass is 222 g/mol. The highest BCUT2D eigenvalue weighted by molar-refractivity contribution is 6.01. The summed E-state index contributed by atoms with van der Waals surface area (Å²) in [6.07, 6.45) is 3.57. The summed E-state index contributed by atoms with van der Waals surface area (Å²) in [4.78, 5) is 41.1. The Hall–Kier alpha value is -2.11. The Labute approximate surface area is 91.1 Å². The summed E-state index contributed by atoms with van der Waals surface area (Å²) in [5, 5.41) is 0.551. The summed E-state index contributed by atoms with van der Waals surface area (Å²) < 4.78 is 0. The number of carbonyl (C=O) groups excluding carboxylic acids is 3. The molecule has 0 unspecified atom stereocenters. The van der Waals surface area contributed by atoms with Crippen molar-refractivity contribution in [1.29, 1.82) is 0 Å². The topological polar surface area (TPSA) is 79.5 Å². The minimum Gasteiger partial charge on any atom is -0.367 e. The molecule has 0 atom stereocenters. The lowest BCUT2D eigenvalue weighted by atomic mass is 10.2. The molecular formula is C10H10N2O4. The molecule has 1 aliphatic heterocycles. The first-order valence-electron chi connectivity index (χ1n) is 4.85. The van der Waals surface area contributed by atoms with Gasteiger partial charge in [0, 0.05) is 25.2 Å². The first kappa shape index (κ1) is 10.4. The van der Waals surface area contributed by atoms with Crippen LogP contribution in [-0.2, 0) is 25.6 Å². The second-order valence-corrected chi connectivity index (χ2v) is 3.44. The van der Waals surface area contributed by atoms with E-state index in [-0.39, 0.29) is 19.3 Å². The quantitative estimate of drug-likeness (QED) is 0.739. The molecule has 0 spiro atoms. The number of rotatable bonds is 3. The van der Waals surface area contributed by atoms with Gasteiger partial charge in [-0.25, -0.2) is 4.79 Å². The van der Waals surface area contributed by atoms with Crippen molar-refractivity contribution in [3.05, 3.63) is 24.0 Å². The van der Waals surface area contributed by atoms with Crippen LogP contribution in [0.3, 0.4) is 0 Å². The fraction of sp³-hybridized carbons (Fsp3) is 0.300. The van der Waals surface area contributed by atoms with Crippen LogP contribution >= 0.6 is 0 Å². The molecule has 1 fully saturated rings. The largest absolute Gasteiger partial charge is 0.367 e. The van der Waals surface area contributed by atoms with E-state index in [9.17, 15) is 14.4 Å². The van der Waals surface area contributed by atoms with E-state index in [0.717, 1.165) is 5.56 Å². The van der Waals surface area contributed by atoms with Crippen LogP contribution in [0.15, 0.2) is 18.5 Å². The molecule has 84 valence electrons. The highest BCUT2D eigenvalue weighted by Crippen LogP contribution is 2.12. The number of imide groups is 1. The van der Waals surface area contributed by atoms with Crippen LogP contribution in [0.5, 0.6) is 0 Å². The number of hydrogen-bond acceptors (Lipinski definition) is 4. The van der Waals surface area contributed by atoms with Gasteiger partial charge in [0.25, 0.3) is 11.8 Å². The van der Waals surface area contributed by atoms with Gasteiger partial charge >= 0.3 is 5.97 Å². The third kappa shape index (κ3) is 2.10. The van der Waals surface area contributed by atoms with Crippen LogP contribution in [0, 0.1) is 0 Å². The molecule has 1 aromatic heterocycles. The van der Waals surface area contributed by atoms with Crippen molar-refractivity contribution in [3.63, 3.8) is 0 Å². The minimum absolute atomic E-state index is 0.0283. The first-order chi connectivity index (χ1) is 7.66. The fourth-order valence-corrected chi connectivity index (χ4v) is 1.43. The molecule has 0 aromatic carbocycles. The standard InChI is InChI=1S/C10H10N2O4/c13-8-1-2-9(14)12(8)16-10(15)5-7-3-4-11-6-7/h3-4,6,11H,1-2,5H2. The lowest BCUT2D eigenvalue weighted by molar-refractivity contribution is -0.197. The molecule has 6 heteroatoms. The summed E-state index contributed by atoms with van der Waals surface area (Å²) in [5.41, 5.74) is 0.740. The third-order valence-corrected chi connectivity index (χ3v) is 2.21. The summed E-state index contributed by atoms with van der Waals surface area (Å²) in [5.74, 6) is -1.55. The zero-order chi connectivity index (χ0) is 11.5. The van der Waals surface area contributed by atoms with Gasteiger partial charge in [-0.15, -0.1) is 5.06 Å². The molecule has 16 heavy (non-hydrogen) atoms. The zero-order valence-corrected chi connectivity index (χ0v) is 8.43. The van der Waals surface area contributed by atoms with Crippen molar-refractivity contribution in [2.75, 3.05) is 0 Å². The summed E-state index contributed by atoms with van der Waals surface area (Å²) in [6, 6.07) is 1.72. The van der Waals surface area contributed by atoms with E-state index < -0.39 is 17.8 Å². The number of aromatic nitrogens is 1. The van der Waals surface area contributed by atoms with Crippen LogP contribution < -0.4 is 0 Å². The van der Waals surface area contributed by atoms with E-state index in [0.29, 0.717) is 5.06 Å². The van der Waals surface area contributed by atoms with Gasteiger partial charge in [-0.05, 0) is 11.6 Å². The van der Waals surface area contributed by atoms with Crippen molar-refractivity contribution in [2.24, 2.45) is 0 Å². The van der Waals surface area contributed by atoms with Crippen LogP contribution in [0.25, 0.3) is 0 Å². The smallest absolute Gasteiger partial charge is 0.337 e. The van der Waals surface area contributed by atoms with E-state index in [2.05, 4.69) is 4.98 Å². The van der Waals surface area contributed by atoms with Crippen molar-refractivity contribution in [1.82, 2.24) is 10.0 Å². The van der Waals surface area contributed by atoms with Crippen molar-refractivity contribution in [3.8, 4) is 0 Å². The molecule has 1 aromatic rings. The fourth-order valence-electron chi connectivity index (χ4n) is 1.43. The average molecular weight is 222 g/mol. The molecule has 0 radical (unpaired) electrons. The maximum atomic E-state index is 11.4. The number of hydroxylamine groups is 2. The molecule has 0 bridgehead atoms. The van der Waals surface area contributed by atoms with E-state index in [1.807, 2.05) is 0 Å². The molecule has 0 saturated carbocycles. The molecule has 1 saturated heterocycles.